The number of anilines is 3. The highest BCUT2D eigenvalue weighted by molar-refractivity contribution is 5.97. The van der Waals surface area contributed by atoms with Gasteiger partial charge in [-0.05, 0) is 50.2 Å². The summed E-state index contributed by atoms with van der Waals surface area (Å²) in [6.07, 6.45) is 0. The van der Waals surface area contributed by atoms with E-state index in [1.165, 1.54) is 0 Å². The summed E-state index contributed by atoms with van der Waals surface area (Å²) in [6, 6.07) is 14.2. The average Bonchev–Trinajstić information content (AvgIpc) is 2.65. The van der Waals surface area contributed by atoms with Gasteiger partial charge in [0, 0.05) is 17.3 Å². The third kappa shape index (κ3) is 6.02. The Morgan fingerprint density at radius 2 is 1.52 bits per heavy atom. The smallest absolute Gasteiger partial charge is 0.246 e. The van der Waals surface area contributed by atoms with Crippen molar-refractivity contribution in [3.8, 4) is 5.75 Å². The fraction of sp³-hybridized carbons (Fsp3) is 0.333. The number of rotatable bonds is 8. The van der Waals surface area contributed by atoms with Crippen LogP contribution in [-0.4, -0.2) is 24.5 Å². The Labute approximate surface area is 160 Å². The van der Waals surface area contributed by atoms with Crippen molar-refractivity contribution < 1.29 is 14.3 Å². The first kappa shape index (κ1) is 20.3. The van der Waals surface area contributed by atoms with Crippen LogP contribution in [0, 0.1) is 5.92 Å². The van der Waals surface area contributed by atoms with E-state index in [-0.39, 0.29) is 17.7 Å². The van der Waals surface area contributed by atoms with Crippen LogP contribution in [0.25, 0.3) is 0 Å². The van der Waals surface area contributed by atoms with Gasteiger partial charge < -0.3 is 20.7 Å². The molecule has 3 N–H and O–H groups in total. The molecule has 2 aromatic rings. The van der Waals surface area contributed by atoms with Crippen LogP contribution in [0.5, 0.6) is 5.75 Å². The number of ether oxygens (including phenoxy) is 1. The van der Waals surface area contributed by atoms with Gasteiger partial charge in [-0.3, -0.25) is 9.59 Å². The summed E-state index contributed by atoms with van der Waals surface area (Å²) in [7, 11) is 0. The first-order chi connectivity index (χ1) is 12.9. The normalized spacial score (nSPS) is 11.6. The zero-order chi connectivity index (χ0) is 19.8. The molecule has 0 aliphatic rings. The predicted molar refractivity (Wildman–Crippen MR) is 109 cm³/mol. The molecule has 1 unspecified atom stereocenters. The largest absolute Gasteiger partial charge is 0.492 e. The zero-order valence-electron chi connectivity index (χ0n) is 16.2. The molecule has 0 aliphatic carbocycles. The maximum Gasteiger partial charge on any atom is 0.246 e. The van der Waals surface area contributed by atoms with E-state index in [0.717, 1.165) is 11.4 Å². The van der Waals surface area contributed by atoms with Gasteiger partial charge >= 0.3 is 0 Å². The quantitative estimate of drug-likeness (QED) is 0.654. The maximum atomic E-state index is 12.5. The van der Waals surface area contributed by atoms with E-state index in [9.17, 15) is 9.59 Å². The molecule has 1 atom stereocenters. The minimum absolute atomic E-state index is 0.0311. The van der Waals surface area contributed by atoms with Crippen LogP contribution in [0.15, 0.2) is 48.5 Å². The first-order valence-electron chi connectivity index (χ1n) is 9.10. The van der Waals surface area contributed by atoms with E-state index in [4.69, 9.17) is 4.74 Å². The van der Waals surface area contributed by atoms with Gasteiger partial charge in [0.15, 0.2) is 0 Å². The molecule has 0 aliphatic heterocycles. The standard InChI is InChI=1S/C21H27N3O3/c1-5-27-19-9-7-6-8-18(19)24-21(26)15(4)22-16-10-12-17(13-11-16)23-20(25)14(2)3/h6-15,22H,5H2,1-4H3,(H,23,25)(H,24,26). The van der Waals surface area contributed by atoms with Gasteiger partial charge in [-0.1, -0.05) is 26.0 Å². The van der Waals surface area contributed by atoms with Crippen LogP contribution < -0.4 is 20.7 Å². The third-order valence-electron chi connectivity index (χ3n) is 3.90. The van der Waals surface area contributed by atoms with Crippen molar-refractivity contribution in [2.45, 2.75) is 33.7 Å². The molecular weight excluding hydrogens is 342 g/mol. The van der Waals surface area contributed by atoms with Gasteiger partial charge in [0.1, 0.15) is 11.8 Å². The topological polar surface area (TPSA) is 79.5 Å². The highest BCUT2D eigenvalue weighted by Gasteiger charge is 2.15. The number of carbonyl (C=O) groups is 2. The lowest BCUT2D eigenvalue weighted by Crippen LogP contribution is -2.32. The second kappa shape index (κ2) is 9.62. The summed E-state index contributed by atoms with van der Waals surface area (Å²) in [5, 5.41) is 8.87. The minimum Gasteiger partial charge on any atom is -0.492 e. The van der Waals surface area contributed by atoms with Gasteiger partial charge in [0.2, 0.25) is 11.8 Å². The molecule has 2 rings (SSSR count). The fourth-order valence-corrected chi connectivity index (χ4v) is 2.34. The summed E-state index contributed by atoms with van der Waals surface area (Å²) < 4.78 is 5.53. The van der Waals surface area contributed by atoms with Crippen molar-refractivity contribution >= 4 is 28.9 Å². The van der Waals surface area contributed by atoms with Gasteiger partial charge in [-0.25, -0.2) is 0 Å². The van der Waals surface area contributed by atoms with E-state index >= 15 is 0 Å². The van der Waals surface area contributed by atoms with Crippen molar-refractivity contribution in [3.05, 3.63) is 48.5 Å². The molecule has 0 spiro atoms. The average molecular weight is 369 g/mol. The lowest BCUT2D eigenvalue weighted by atomic mass is 10.2. The summed E-state index contributed by atoms with van der Waals surface area (Å²) in [5.74, 6) is 0.368. The first-order valence-corrected chi connectivity index (χ1v) is 9.10. The number of para-hydroxylation sites is 2. The summed E-state index contributed by atoms with van der Waals surface area (Å²) >= 11 is 0. The molecule has 0 saturated heterocycles. The van der Waals surface area contributed by atoms with Gasteiger partial charge in [0.25, 0.3) is 0 Å². The van der Waals surface area contributed by atoms with Crippen LogP contribution >= 0.6 is 0 Å². The SMILES string of the molecule is CCOc1ccccc1NC(=O)C(C)Nc1ccc(NC(=O)C(C)C)cc1. The molecule has 6 heteroatoms. The van der Waals surface area contributed by atoms with Gasteiger partial charge in [0.05, 0.1) is 12.3 Å². The molecule has 2 aromatic carbocycles. The highest BCUT2D eigenvalue weighted by Crippen LogP contribution is 2.24. The second-order valence-corrected chi connectivity index (χ2v) is 6.51. The Balaban J connectivity index is 1.95. The minimum atomic E-state index is -0.448. The number of carbonyl (C=O) groups excluding carboxylic acids is 2. The van der Waals surface area contributed by atoms with Crippen molar-refractivity contribution in [1.82, 2.24) is 0 Å². The van der Waals surface area contributed by atoms with Crippen molar-refractivity contribution in [1.29, 1.82) is 0 Å². The molecule has 0 radical (unpaired) electrons. The number of hydrogen-bond donors (Lipinski definition) is 3. The van der Waals surface area contributed by atoms with E-state index < -0.39 is 6.04 Å². The summed E-state index contributed by atoms with van der Waals surface area (Å²) in [6.45, 7) is 7.90. The second-order valence-electron chi connectivity index (χ2n) is 6.51. The van der Waals surface area contributed by atoms with E-state index in [1.54, 1.807) is 19.1 Å². The maximum absolute atomic E-state index is 12.5. The van der Waals surface area contributed by atoms with Crippen LogP contribution in [-0.2, 0) is 9.59 Å². The van der Waals surface area contributed by atoms with Gasteiger partial charge in [-0.15, -0.1) is 0 Å². The van der Waals surface area contributed by atoms with Crippen molar-refractivity contribution in [3.63, 3.8) is 0 Å². The Morgan fingerprint density at radius 3 is 2.15 bits per heavy atom. The zero-order valence-corrected chi connectivity index (χ0v) is 16.2. The predicted octanol–water partition coefficient (Wildman–Crippen LogP) is 4.12. The molecule has 0 bridgehead atoms. The molecule has 144 valence electrons. The molecular formula is C21H27N3O3. The third-order valence-corrected chi connectivity index (χ3v) is 3.90. The molecule has 0 fully saturated rings. The monoisotopic (exact) mass is 369 g/mol. The Kier molecular flexibility index (Phi) is 7.23. The van der Waals surface area contributed by atoms with E-state index in [0.29, 0.717) is 18.0 Å². The lowest BCUT2D eigenvalue weighted by molar-refractivity contribution is -0.119. The number of amides is 2. The molecule has 6 nitrogen and oxygen atoms in total. The van der Waals surface area contributed by atoms with Crippen molar-refractivity contribution in [2.75, 3.05) is 22.6 Å². The Hall–Kier alpha value is -3.02. The highest BCUT2D eigenvalue weighted by atomic mass is 16.5. The number of hydrogen-bond acceptors (Lipinski definition) is 4. The lowest BCUT2D eigenvalue weighted by Gasteiger charge is -2.17. The molecule has 0 heterocycles. The van der Waals surface area contributed by atoms with Crippen LogP contribution in [0.4, 0.5) is 17.1 Å². The van der Waals surface area contributed by atoms with Crippen molar-refractivity contribution in [2.24, 2.45) is 5.92 Å². The van der Waals surface area contributed by atoms with Crippen LogP contribution in [0.2, 0.25) is 0 Å². The van der Waals surface area contributed by atoms with Gasteiger partial charge in [-0.2, -0.15) is 0 Å². The Bertz CT molecular complexity index is 772. The molecule has 2 amide bonds. The van der Waals surface area contributed by atoms with Crippen LogP contribution in [0.3, 0.4) is 0 Å². The van der Waals surface area contributed by atoms with Crippen LogP contribution in [0.1, 0.15) is 27.7 Å². The molecule has 0 saturated carbocycles. The summed E-state index contributed by atoms with van der Waals surface area (Å²) in [5.41, 5.74) is 2.16. The van der Waals surface area contributed by atoms with E-state index in [2.05, 4.69) is 16.0 Å². The summed E-state index contributed by atoms with van der Waals surface area (Å²) in [4.78, 5) is 24.2. The fourth-order valence-electron chi connectivity index (χ4n) is 2.34. The number of benzene rings is 2. The Morgan fingerprint density at radius 1 is 0.889 bits per heavy atom. The van der Waals surface area contributed by atoms with E-state index in [1.807, 2.05) is 57.2 Å². The number of nitrogens with one attached hydrogen (secondary N) is 3. The molecule has 27 heavy (non-hydrogen) atoms. The molecule has 0 aromatic heterocycles.